The first-order valence-corrected chi connectivity index (χ1v) is 11.3. The first-order chi connectivity index (χ1) is 15.8. The zero-order chi connectivity index (χ0) is 23.6. The van der Waals surface area contributed by atoms with Crippen molar-refractivity contribution in [2.75, 3.05) is 5.32 Å². The fraction of sp³-hybridized carbons (Fsp3) is 0.0870. The number of amides is 3. The summed E-state index contributed by atoms with van der Waals surface area (Å²) in [6.07, 6.45) is 0.125. The minimum atomic E-state index is -4.13. The van der Waals surface area contributed by atoms with Gasteiger partial charge in [0.15, 0.2) is 0 Å². The minimum absolute atomic E-state index is 0.0207. The molecule has 1 aliphatic rings. The average molecular weight is 465 g/mol. The smallest absolute Gasteiger partial charge is 0.274 e. The van der Waals surface area contributed by atoms with Gasteiger partial charge in [0.1, 0.15) is 4.90 Å². The molecular formula is C23H19N3O6S. The number of anilines is 1. The Balaban J connectivity index is 1.52. The zero-order valence-corrected chi connectivity index (χ0v) is 18.0. The van der Waals surface area contributed by atoms with Crippen LogP contribution in [0.4, 0.5) is 5.69 Å². The number of hydrogen-bond acceptors (Lipinski definition) is 6. The summed E-state index contributed by atoms with van der Waals surface area (Å²) in [6.45, 7) is -0.230. The van der Waals surface area contributed by atoms with Gasteiger partial charge in [-0.25, -0.2) is 18.2 Å². The highest BCUT2D eigenvalue weighted by Gasteiger charge is 2.41. The quantitative estimate of drug-likeness (QED) is 0.378. The van der Waals surface area contributed by atoms with Gasteiger partial charge >= 0.3 is 0 Å². The first-order valence-electron chi connectivity index (χ1n) is 9.88. The lowest BCUT2D eigenvalue weighted by molar-refractivity contribution is -0.115. The summed E-state index contributed by atoms with van der Waals surface area (Å²) in [7, 11) is -4.13. The Morgan fingerprint density at radius 3 is 2.27 bits per heavy atom. The molecule has 0 saturated heterocycles. The molecule has 168 valence electrons. The van der Waals surface area contributed by atoms with E-state index in [2.05, 4.69) is 5.32 Å². The lowest BCUT2D eigenvalue weighted by Crippen LogP contribution is -2.29. The zero-order valence-electron chi connectivity index (χ0n) is 17.2. The van der Waals surface area contributed by atoms with Crippen LogP contribution in [0.25, 0.3) is 0 Å². The summed E-state index contributed by atoms with van der Waals surface area (Å²) >= 11 is 0. The highest BCUT2D eigenvalue weighted by atomic mass is 32.2. The van der Waals surface area contributed by atoms with Crippen molar-refractivity contribution < 1.29 is 28.0 Å². The second kappa shape index (κ2) is 8.85. The number of fused-ring (bicyclic) bond motifs is 1. The molecule has 0 aromatic heterocycles. The lowest BCUT2D eigenvalue weighted by Gasteiger charge is -2.15. The van der Waals surface area contributed by atoms with Crippen LogP contribution in [-0.4, -0.2) is 35.7 Å². The molecule has 0 bridgehead atoms. The second-order valence-corrected chi connectivity index (χ2v) is 9.21. The van der Waals surface area contributed by atoms with E-state index < -0.39 is 21.8 Å². The number of rotatable bonds is 6. The van der Waals surface area contributed by atoms with Gasteiger partial charge in [-0.2, -0.15) is 0 Å². The molecule has 0 aliphatic carbocycles. The maximum atomic E-state index is 13.0. The van der Waals surface area contributed by atoms with E-state index in [1.165, 1.54) is 47.9 Å². The molecule has 0 spiro atoms. The van der Waals surface area contributed by atoms with Gasteiger partial charge in [0.05, 0.1) is 18.5 Å². The number of hydroxylamine groups is 1. The van der Waals surface area contributed by atoms with Gasteiger partial charge in [-0.3, -0.25) is 19.6 Å². The highest BCUT2D eigenvalue weighted by molar-refractivity contribution is 7.90. The molecule has 0 atom stereocenters. The molecule has 3 amide bonds. The van der Waals surface area contributed by atoms with Crippen molar-refractivity contribution in [3.8, 4) is 0 Å². The van der Waals surface area contributed by atoms with E-state index in [0.717, 1.165) is 9.87 Å². The van der Waals surface area contributed by atoms with E-state index in [0.29, 0.717) is 5.56 Å². The largest absolute Gasteiger partial charge is 0.326 e. The van der Waals surface area contributed by atoms with Gasteiger partial charge in [0.2, 0.25) is 5.91 Å². The number of nitrogens with one attached hydrogen (secondary N) is 2. The van der Waals surface area contributed by atoms with Crippen molar-refractivity contribution in [1.29, 1.82) is 0 Å². The molecule has 33 heavy (non-hydrogen) atoms. The van der Waals surface area contributed by atoms with E-state index in [1.54, 1.807) is 0 Å². The Bertz CT molecular complexity index is 1340. The standard InChI is InChI=1S/C23H19N3O6S/c27-21(12-15-4-2-1-3-5-15)24-18-10-11-19-20(13-18)33(31,32)26(23(19)29)14-16-6-8-17(9-7-16)22(28)25-30/h1-11,13,30H,12,14H2,(H,24,27)(H,25,28). The van der Waals surface area contributed by atoms with Gasteiger partial charge in [-0.1, -0.05) is 42.5 Å². The summed E-state index contributed by atoms with van der Waals surface area (Å²) in [4.78, 5) is 36.4. The molecular weight excluding hydrogens is 446 g/mol. The average Bonchev–Trinajstić information content (AvgIpc) is 3.00. The van der Waals surface area contributed by atoms with Crippen molar-refractivity contribution in [1.82, 2.24) is 9.79 Å². The number of carbonyl (C=O) groups is 3. The third-order valence-electron chi connectivity index (χ3n) is 5.14. The Morgan fingerprint density at radius 2 is 1.61 bits per heavy atom. The molecule has 9 nitrogen and oxygen atoms in total. The van der Waals surface area contributed by atoms with Crippen molar-refractivity contribution >= 4 is 33.4 Å². The normalized spacial score (nSPS) is 14.0. The fourth-order valence-electron chi connectivity index (χ4n) is 3.49. The Hall–Kier alpha value is -4.02. The number of benzene rings is 3. The van der Waals surface area contributed by atoms with Crippen molar-refractivity contribution in [2.45, 2.75) is 17.9 Å². The molecule has 0 radical (unpaired) electrons. The van der Waals surface area contributed by atoms with Crippen LogP contribution in [-0.2, 0) is 27.8 Å². The molecule has 0 unspecified atom stereocenters. The Kier molecular flexibility index (Phi) is 5.95. The summed E-state index contributed by atoms with van der Waals surface area (Å²) in [5.41, 5.74) is 3.27. The molecule has 1 heterocycles. The van der Waals surface area contributed by atoms with Crippen molar-refractivity contribution in [2.24, 2.45) is 0 Å². The van der Waals surface area contributed by atoms with Crippen LogP contribution in [0.15, 0.2) is 77.7 Å². The van der Waals surface area contributed by atoms with E-state index in [9.17, 15) is 22.8 Å². The van der Waals surface area contributed by atoms with Crippen molar-refractivity contribution in [3.05, 3.63) is 95.1 Å². The van der Waals surface area contributed by atoms with E-state index in [-0.39, 0.29) is 40.6 Å². The lowest BCUT2D eigenvalue weighted by atomic mass is 10.1. The molecule has 4 rings (SSSR count). The maximum absolute atomic E-state index is 13.0. The SMILES string of the molecule is O=C(Cc1ccccc1)Nc1ccc2c(c1)S(=O)(=O)N(Cc1ccc(C(=O)NO)cc1)C2=O. The summed E-state index contributed by atoms with van der Waals surface area (Å²) in [6, 6.07) is 19.0. The van der Waals surface area contributed by atoms with Gasteiger partial charge in [0, 0.05) is 11.3 Å². The minimum Gasteiger partial charge on any atom is -0.326 e. The van der Waals surface area contributed by atoms with Crippen LogP contribution in [0.1, 0.15) is 31.8 Å². The van der Waals surface area contributed by atoms with E-state index in [1.807, 2.05) is 30.3 Å². The monoisotopic (exact) mass is 465 g/mol. The van der Waals surface area contributed by atoms with Crippen LogP contribution in [0.2, 0.25) is 0 Å². The Morgan fingerprint density at radius 1 is 0.909 bits per heavy atom. The number of hydrogen-bond donors (Lipinski definition) is 3. The molecule has 1 aliphatic heterocycles. The molecule has 3 aromatic carbocycles. The van der Waals surface area contributed by atoms with Crippen molar-refractivity contribution in [3.63, 3.8) is 0 Å². The van der Waals surface area contributed by atoms with Gasteiger partial charge in [-0.05, 0) is 41.5 Å². The first kappa shape index (κ1) is 22.2. The van der Waals surface area contributed by atoms with Crippen LogP contribution in [0.5, 0.6) is 0 Å². The highest BCUT2D eigenvalue weighted by Crippen LogP contribution is 2.33. The van der Waals surface area contributed by atoms with E-state index >= 15 is 0 Å². The second-order valence-electron chi connectivity index (χ2n) is 7.38. The third-order valence-corrected chi connectivity index (χ3v) is 6.91. The molecule has 0 saturated carbocycles. The number of nitrogens with zero attached hydrogens (tertiary/aromatic N) is 1. The summed E-state index contributed by atoms with van der Waals surface area (Å²) in [5, 5.41) is 11.4. The third kappa shape index (κ3) is 4.47. The van der Waals surface area contributed by atoms with Gasteiger partial charge in [-0.15, -0.1) is 0 Å². The van der Waals surface area contributed by atoms with Crippen LogP contribution >= 0.6 is 0 Å². The number of carbonyl (C=O) groups excluding carboxylic acids is 3. The van der Waals surface area contributed by atoms with Gasteiger partial charge in [0.25, 0.3) is 21.8 Å². The fourth-order valence-corrected chi connectivity index (χ4v) is 5.07. The molecule has 10 heteroatoms. The molecule has 0 fully saturated rings. The maximum Gasteiger partial charge on any atom is 0.274 e. The predicted octanol–water partition coefficient (Wildman–Crippen LogP) is 2.33. The summed E-state index contributed by atoms with van der Waals surface area (Å²) < 4.78 is 26.8. The molecule has 3 N–H and O–H groups in total. The number of sulfonamides is 1. The van der Waals surface area contributed by atoms with Gasteiger partial charge < -0.3 is 5.32 Å². The van der Waals surface area contributed by atoms with Crippen LogP contribution < -0.4 is 10.8 Å². The van der Waals surface area contributed by atoms with Crippen LogP contribution in [0, 0.1) is 0 Å². The van der Waals surface area contributed by atoms with E-state index in [4.69, 9.17) is 5.21 Å². The molecule has 3 aromatic rings. The Labute approximate surface area is 189 Å². The topological polar surface area (TPSA) is 133 Å². The van der Waals surface area contributed by atoms with Crippen LogP contribution in [0.3, 0.4) is 0 Å². The predicted molar refractivity (Wildman–Crippen MR) is 118 cm³/mol. The summed E-state index contributed by atoms with van der Waals surface area (Å²) in [5.74, 6) is -1.70.